The Bertz CT molecular complexity index is 991. The van der Waals surface area contributed by atoms with Gasteiger partial charge in [0.05, 0.1) is 11.5 Å². The van der Waals surface area contributed by atoms with Crippen LogP contribution in [0.1, 0.15) is 44.0 Å². The van der Waals surface area contributed by atoms with Crippen LogP contribution < -0.4 is 14.8 Å². The smallest absolute Gasteiger partial charge is 0.261 e. The molecule has 1 amide bonds. The Balaban J connectivity index is 1.56. The Kier molecular flexibility index (Phi) is 8.15. The molecule has 32 heavy (non-hydrogen) atoms. The Hall–Kier alpha value is -2.58. The highest BCUT2D eigenvalue weighted by molar-refractivity contribution is 7.92. The monoisotopic (exact) mass is 459 g/mol. The molecule has 0 bridgehead atoms. The molecule has 1 saturated heterocycles. The van der Waals surface area contributed by atoms with Gasteiger partial charge in [-0.05, 0) is 87.7 Å². The number of ether oxygens (including phenoxy) is 1. The first-order valence-electron chi connectivity index (χ1n) is 11.2. The highest BCUT2D eigenvalue weighted by Gasteiger charge is 2.19. The number of sulfonamides is 1. The van der Waals surface area contributed by atoms with Crippen LogP contribution in [0.4, 0.5) is 5.69 Å². The fourth-order valence-corrected chi connectivity index (χ4v) is 5.04. The van der Waals surface area contributed by atoms with Crippen molar-refractivity contribution in [3.05, 3.63) is 54.1 Å². The maximum Gasteiger partial charge on any atom is 0.261 e. The number of likely N-dealkylation sites (tertiary alicyclic amines) is 1. The SMILES string of the molecule is CCOc1ccc(S(=O)(=O)Nc2ccc(C(=O)NC(C)CN3CCCC(C)C3)cc2)cc1. The van der Waals surface area contributed by atoms with Gasteiger partial charge >= 0.3 is 0 Å². The molecule has 8 heteroatoms. The highest BCUT2D eigenvalue weighted by atomic mass is 32.2. The molecule has 0 radical (unpaired) electrons. The van der Waals surface area contributed by atoms with Gasteiger partial charge in [-0.2, -0.15) is 0 Å². The summed E-state index contributed by atoms with van der Waals surface area (Å²) < 4.78 is 33.1. The van der Waals surface area contributed by atoms with Crippen LogP contribution in [0.3, 0.4) is 0 Å². The summed E-state index contributed by atoms with van der Waals surface area (Å²) in [6.45, 7) is 9.64. The zero-order chi connectivity index (χ0) is 23.1. The number of benzene rings is 2. The second kappa shape index (κ2) is 10.8. The number of nitrogens with zero attached hydrogens (tertiary/aromatic N) is 1. The fraction of sp³-hybridized carbons (Fsp3) is 0.458. The minimum Gasteiger partial charge on any atom is -0.494 e. The Morgan fingerprint density at radius 1 is 1.16 bits per heavy atom. The third-order valence-electron chi connectivity index (χ3n) is 5.50. The molecule has 1 aliphatic heterocycles. The van der Waals surface area contributed by atoms with E-state index in [0.29, 0.717) is 29.5 Å². The maximum absolute atomic E-state index is 12.6. The topological polar surface area (TPSA) is 87.7 Å². The summed E-state index contributed by atoms with van der Waals surface area (Å²) in [6, 6.07) is 12.7. The minimum atomic E-state index is -3.73. The van der Waals surface area contributed by atoms with Gasteiger partial charge in [-0.3, -0.25) is 9.52 Å². The van der Waals surface area contributed by atoms with Crippen LogP contribution in [0.15, 0.2) is 53.4 Å². The number of carbonyl (C=O) groups excluding carboxylic acids is 1. The first-order chi connectivity index (χ1) is 15.3. The van der Waals surface area contributed by atoms with E-state index in [0.717, 1.165) is 19.6 Å². The summed E-state index contributed by atoms with van der Waals surface area (Å²) in [4.78, 5) is 15.1. The van der Waals surface area contributed by atoms with Crippen molar-refractivity contribution in [3.63, 3.8) is 0 Å². The molecule has 2 unspecified atom stereocenters. The van der Waals surface area contributed by atoms with Gasteiger partial charge in [-0.1, -0.05) is 6.92 Å². The van der Waals surface area contributed by atoms with Crippen LogP contribution in [-0.4, -0.2) is 51.5 Å². The van der Waals surface area contributed by atoms with E-state index in [2.05, 4.69) is 21.9 Å². The van der Waals surface area contributed by atoms with Gasteiger partial charge in [0.25, 0.3) is 15.9 Å². The van der Waals surface area contributed by atoms with E-state index in [4.69, 9.17) is 4.74 Å². The normalized spacial score (nSPS) is 18.0. The predicted molar refractivity (Wildman–Crippen MR) is 127 cm³/mol. The van der Waals surface area contributed by atoms with E-state index in [1.807, 2.05) is 13.8 Å². The number of anilines is 1. The molecule has 1 aliphatic rings. The van der Waals surface area contributed by atoms with Crippen LogP contribution in [0.5, 0.6) is 5.75 Å². The van der Waals surface area contributed by atoms with E-state index in [9.17, 15) is 13.2 Å². The van der Waals surface area contributed by atoms with Crippen molar-refractivity contribution >= 4 is 21.6 Å². The number of rotatable bonds is 9. The standard InChI is InChI=1S/C24H33N3O4S/c1-4-31-22-11-13-23(14-12-22)32(29,30)26-21-9-7-20(8-10-21)24(28)25-19(3)17-27-15-5-6-18(2)16-27/h7-14,18-19,26H,4-6,15-17H2,1-3H3,(H,25,28). The van der Waals surface area contributed by atoms with E-state index < -0.39 is 10.0 Å². The molecule has 7 nitrogen and oxygen atoms in total. The number of hydrogen-bond acceptors (Lipinski definition) is 5. The average Bonchev–Trinajstić information content (AvgIpc) is 2.74. The summed E-state index contributed by atoms with van der Waals surface area (Å²) >= 11 is 0. The Morgan fingerprint density at radius 3 is 2.47 bits per heavy atom. The summed E-state index contributed by atoms with van der Waals surface area (Å²) in [6.07, 6.45) is 2.47. The van der Waals surface area contributed by atoms with Crippen LogP contribution in [0, 0.1) is 5.92 Å². The minimum absolute atomic E-state index is 0.0330. The van der Waals surface area contributed by atoms with Crippen molar-refractivity contribution in [1.82, 2.24) is 10.2 Å². The molecule has 0 aliphatic carbocycles. The highest BCUT2D eigenvalue weighted by Crippen LogP contribution is 2.20. The summed E-state index contributed by atoms with van der Waals surface area (Å²) in [5.74, 6) is 1.15. The lowest BCUT2D eigenvalue weighted by atomic mass is 10.00. The second-order valence-corrected chi connectivity index (χ2v) is 10.2. The Labute approximate surface area is 191 Å². The molecule has 2 N–H and O–H groups in total. The van der Waals surface area contributed by atoms with Crippen LogP contribution in [0.25, 0.3) is 0 Å². The van der Waals surface area contributed by atoms with Crippen LogP contribution >= 0.6 is 0 Å². The third kappa shape index (κ3) is 6.71. The van der Waals surface area contributed by atoms with E-state index in [1.165, 1.54) is 25.0 Å². The quantitative estimate of drug-likeness (QED) is 0.597. The second-order valence-electron chi connectivity index (χ2n) is 8.47. The molecule has 0 aromatic heterocycles. The van der Waals surface area contributed by atoms with Gasteiger partial charge in [0, 0.05) is 30.4 Å². The van der Waals surface area contributed by atoms with Gasteiger partial charge in [-0.15, -0.1) is 0 Å². The van der Waals surface area contributed by atoms with Crippen molar-refractivity contribution in [3.8, 4) is 5.75 Å². The van der Waals surface area contributed by atoms with Gasteiger partial charge in [0.1, 0.15) is 5.75 Å². The summed E-state index contributed by atoms with van der Waals surface area (Å²) in [7, 11) is -3.73. The summed E-state index contributed by atoms with van der Waals surface area (Å²) in [5, 5.41) is 3.04. The van der Waals surface area contributed by atoms with Gasteiger partial charge < -0.3 is 15.0 Å². The van der Waals surface area contributed by atoms with E-state index >= 15 is 0 Å². The van der Waals surface area contributed by atoms with E-state index in [1.54, 1.807) is 36.4 Å². The van der Waals surface area contributed by atoms with Crippen LogP contribution in [0.2, 0.25) is 0 Å². The largest absolute Gasteiger partial charge is 0.494 e. The third-order valence-corrected chi connectivity index (χ3v) is 6.89. The maximum atomic E-state index is 12.6. The number of piperidine rings is 1. The fourth-order valence-electron chi connectivity index (χ4n) is 3.98. The molecular weight excluding hydrogens is 426 g/mol. The number of hydrogen-bond donors (Lipinski definition) is 2. The number of amides is 1. The van der Waals surface area contributed by atoms with Crippen LogP contribution in [-0.2, 0) is 10.0 Å². The zero-order valence-corrected chi connectivity index (χ0v) is 19.8. The lowest BCUT2D eigenvalue weighted by molar-refractivity contribution is 0.0920. The lowest BCUT2D eigenvalue weighted by Gasteiger charge is -2.32. The molecule has 2 atom stereocenters. The molecule has 174 valence electrons. The molecule has 0 saturated carbocycles. The van der Waals surface area contributed by atoms with E-state index in [-0.39, 0.29) is 16.8 Å². The molecule has 3 rings (SSSR count). The summed E-state index contributed by atoms with van der Waals surface area (Å²) in [5.41, 5.74) is 0.888. The molecule has 1 fully saturated rings. The first kappa shape index (κ1) is 24.1. The number of carbonyl (C=O) groups is 1. The molecule has 2 aromatic rings. The van der Waals surface area contributed by atoms with Gasteiger partial charge in [0.2, 0.25) is 0 Å². The molecular formula is C24H33N3O4S. The lowest BCUT2D eigenvalue weighted by Crippen LogP contribution is -2.45. The van der Waals surface area contributed by atoms with Crippen molar-refractivity contribution in [2.75, 3.05) is 31.0 Å². The van der Waals surface area contributed by atoms with Crippen molar-refractivity contribution in [2.45, 2.75) is 44.6 Å². The average molecular weight is 460 g/mol. The first-order valence-corrected chi connectivity index (χ1v) is 12.6. The van der Waals surface area contributed by atoms with Crippen molar-refractivity contribution in [1.29, 1.82) is 0 Å². The van der Waals surface area contributed by atoms with Crippen molar-refractivity contribution < 1.29 is 17.9 Å². The van der Waals surface area contributed by atoms with Gasteiger partial charge in [0.15, 0.2) is 0 Å². The Morgan fingerprint density at radius 2 is 1.84 bits per heavy atom. The van der Waals surface area contributed by atoms with Gasteiger partial charge in [-0.25, -0.2) is 8.42 Å². The molecule has 2 aromatic carbocycles. The zero-order valence-electron chi connectivity index (χ0n) is 19.0. The molecule has 0 spiro atoms. The predicted octanol–water partition coefficient (Wildman–Crippen LogP) is 3.74. The van der Waals surface area contributed by atoms with Crippen molar-refractivity contribution in [2.24, 2.45) is 5.92 Å². The molecule has 1 heterocycles. The number of nitrogens with one attached hydrogen (secondary N) is 2.